The molecule has 0 aromatic carbocycles. The van der Waals surface area contributed by atoms with E-state index in [9.17, 15) is 10.1 Å². The van der Waals surface area contributed by atoms with E-state index >= 15 is 0 Å². The summed E-state index contributed by atoms with van der Waals surface area (Å²) >= 11 is 0. The van der Waals surface area contributed by atoms with Crippen LogP contribution >= 0.6 is 0 Å². The average Bonchev–Trinajstić information content (AvgIpc) is 3.24. The lowest BCUT2D eigenvalue weighted by Gasteiger charge is -2.60. The van der Waals surface area contributed by atoms with E-state index in [1.807, 2.05) is 6.08 Å². The number of rotatable bonds is 0. The van der Waals surface area contributed by atoms with Crippen LogP contribution in [0.3, 0.4) is 0 Å². The van der Waals surface area contributed by atoms with E-state index in [1.165, 1.54) is 31.3 Å². The summed E-state index contributed by atoms with van der Waals surface area (Å²) in [6.07, 6.45) is 8.88. The Labute approximate surface area is 145 Å². The predicted molar refractivity (Wildman–Crippen MR) is 92.7 cm³/mol. The van der Waals surface area contributed by atoms with Gasteiger partial charge in [-0.3, -0.25) is 4.79 Å². The zero-order valence-corrected chi connectivity index (χ0v) is 15.2. The molecule has 4 saturated carbocycles. The van der Waals surface area contributed by atoms with Gasteiger partial charge in [0.15, 0.2) is 5.78 Å². The molecule has 24 heavy (non-hydrogen) atoms. The van der Waals surface area contributed by atoms with Crippen LogP contribution in [-0.2, 0) is 4.79 Å². The van der Waals surface area contributed by atoms with Gasteiger partial charge >= 0.3 is 0 Å². The number of hydrogen-bond acceptors (Lipinski definition) is 2. The lowest BCUT2D eigenvalue weighted by Crippen LogP contribution is -2.53. The normalized spacial score (nSPS) is 57.8. The van der Waals surface area contributed by atoms with Crippen molar-refractivity contribution < 1.29 is 4.79 Å². The molecule has 2 heteroatoms. The quantitative estimate of drug-likeness (QED) is 0.645. The molecule has 5 aliphatic carbocycles. The second-order valence-electron chi connectivity index (χ2n) is 10.1. The van der Waals surface area contributed by atoms with Crippen molar-refractivity contribution in [3.8, 4) is 6.07 Å². The summed E-state index contributed by atoms with van der Waals surface area (Å²) in [7, 11) is 0. The molecular weight excluding hydrogens is 294 g/mol. The second-order valence-corrected chi connectivity index (χ2v) is 10.1. The van der Waals surface area contributed by atoms with Gasteiger partial charge in [0.05, 0.1) is 12.0 Å². The molecule has 0 aromatic heterocycles. The minimum atomic E-state index is 0.243. The highest BCUT2D eigenvalue weighted by atomic mass is 16.1. The monoisotopic (exact) mass is 323 g/mol. The van der Waals surface area contributed by atoms with Gasteiger partial charge in [-0.1, -0.05) is 26.3 Å². The molecule has 0 aromatic rings. The van der Waals surface area contributed by atoms with Crippen LogP contribution in [0.15, 0.2) is 11.6 Å². The van der Waals surface area contributed by atoms with E-state index in [1.54, 1.807) is 0 Å². The summed E-state index contributed by atoms with van der Waals surface area (Å²) in [6, 6.07) is 2.72. The van der Waals surface area contributed by atoms with E-state index in [4.69, 9.17) is 0 Å². The molecule has 0 aliphatic heterocycles. The van der Waals surface area contributed by atoms with Crippen LogP contribution in [0.25, 0.3) is 0 Å². The van der Waals surface area contributed by atoms with Crippen molar-refractivity contribution >= 4 is 5.78 Å². The Morgan fingerprint density at radius 1 is 1.17 bits per heavy atom. The Balaban J connectivity index is 1.56. The maximum Gasteiger partial charge on any atom is 0.155 e. The van der Waals surface area contributed by atoms with Gasteiger partial charge in [0.1, 0.15) is 0 Å². The van der Waals surface area contributed by atoms with Gasteiger partial charge in [0, 0.05) is 6.42 Å². The van der Waals surface area contributed by atoms with Crippen molar-refractivity contribution in [3.05, 3.63) is 11.6 Å². The number of allylic oxidation sites excluding steroid dienone is 1. The number of nitriles is 1. The van der Waals surface area contributed by atoms with Crippen molar-refractivity contribution in [2.24, 2.45) is 52.3 Å². The highest BCUT2D eigenvalue weighted by molar-refractivity contribution is 5.91. The molecular formula is C22H29NO. The highest BCUT2D eigenvalue weighted by Gasteiger charge is 2.70. The van der Waals surface area contributed by atoms with Crippen LogP contribution in [0, 0.1) is 63.6 Å². The number of carbonyl (C=O) groups is 1. The fourth-order valence-corrected chi connectivity index (χ4v) is 8.20. The van der Waals surface area contributed by atoms with E-state index in [0.717, 1.165) is 36.5 Å². The minimum Gasteiger partial charge on any atom is -0.295 e. The fraction of sp³-hybridized carbons (Fsp3) is 0.818. The topological polar surface area (TPSA) is 40.9 Å². The van der Waals surface area contributed by atoms with E-state index in [-0.39, 0.29) is 10.8 Å². The predicted octanol–water partition coefficient (Wildman–Crippen LogP) is 4.76. The van der Waals surface area contributed by atoms with Gasteiger partial charge in [-0.15, -0.1) is 0 Å². The molecule has 5 aliphatic rings. The van der Waals surface area contributed by atoms with Crippen molar-refractivity contribution in [2.45, 2.75) is 59.3 Å². The summed E-state index contributed by atoms with van der Waals surface area (Å²) in [4.78, 5) is 12.0. The van der Waals surface area contributed by atoms with Crippen LogP contribution in [0.2, 0.25) is 0 Å². The van der Waals surface area contributed by atoms with Gasteiger partial charge in [0.2, 0.25) is 0 Å². The number of nitrogens with zero attached hydrogens (tertiary/aromatic N) is 1. The first-order chi connectivity index (χ1) is 11.4. The van der Waals surface area contributed by atoms with E-state index in [2.05, 4.69) is 26.8 Å². The van der Waals surface area contributed by atoms with Crippen LogP contribution < -0.4 is 0 Å². The van der Waals surface area contributed by atoms with Crippen molar-refractivity contribution in [3.63, 3.8) is 0 Å². The van der Waals surface area contributed by atoms with Crippen LogP contribution in [0.1, 0.15) is 59.3 Å². The first-order valence-electron chi connectivity index (χ1n) is 10.0. The van der Waals surface area contributed by atoms with Gasteiger partial charge in [-0.05, 0) is 84.5 Å². The maximum absolute atomic E-state index is 12.0. The molecule has 0 heterocycles. The van der Waals surface area contributed by atoms with Gasteiger partial charge < -0.3 is 0 Å². The molecule has 4 fully saturated rings. The van der Waals surface area contributed by atoms with Crippen LogP contribution in [-0.4, -0.2) is 5.78 Å². The third kappa shape index (κ3) is 1.65. The molecule has 0 saturated heterocycles. The summed E-state index contributed by atoms with van der Waals surface area (Å²) in [5, 5.41) is 9.79. The van der Waals surface area contributed by atoms with E-state index in [0.29, 0.717) is 23.5 Å². The third-order valence-corrected chi connectivity index (χ3v) is 9.21. The summed E-state index contributed by atoms with van der Waals surface area (Å²) in [6.45, 7) is 7.25. The second kappa shape index (κ2) is 4.54. The largest absolute Gasteiger partial charge is 0.295 e. The molecule has 128 valence electrons. The Bertz CT molecular complexity index is 687. The molecule has 2 nitrogen and oxygen atoms in total. The summed E-state index contributed by atoms with van der Waals surface area (Å²) < 4.78 is 0. The Morgan fingerprint density at radius 3 is 2.71 bits per heavy atom. The summed E-state index contributed by atoms with van der Waals surface area (Å²) in [5.41, 5.74) is 1.98. The van der Waals surface area contributed by atoms with Crippen LogP contribution in [0.4, 0.5) is 0 Å². The standard InChI is InChI=1S/C22H29NO/c1-12-8-16-17(21(2)6-4-13(24)9-18(12)21)5-7-22(3)19(11-23)14-10-15(14)20(16)22/h9,12,14-17,19-20H,4-8,10H2,1-3H3/t12?,14-,15+,16-,17+,19+,20+,21-,22-/m1/s1. The molecule has 0 N–H and O–H groups in total. The molecule has 0 radical (unpaired) electrons. The molecule has 5 rings (SSSR count). The highest BCUT2D eigenvalue weighted by Crippen LogP contribution is 2.75. The smallest absolute Gasteiger partial charge is 0.155 e. The SMILES string of the molecule is CC1C[C@H]2[C@@H]3[C@H]4C[C@H]4[C@H](C#N)[C@@]3(C)CC[C@@H]2[C@@]2(C)CCC(=O)C=C12. The van der Waals surface area contributed by atoms with Gasteiger partial charge in [-0.2, -0.15) is 5.26 Å². The minimum absolute atomic E-state index is 0.243. The zero-order chi connectivity index (χ0) is 16.9. The zero-order valence-electron chi connectivity index (χ0n) is 15.2. The van der Waals surface area contributed by atoms with Crippen molar-refractivity contribution in [2.75, 3.05) is 0 Å². The average molecular weight is 323 g/mol. The number of ketones is 1. The van der Waals surface area contributed by atoms with Crippen LogP contribution in [0.5, 0.6) is 0 Å². The van der Waals surface area contributed by atoms with Gasteiger partial charge in [0.25, 0.3) is 0 Å². The Morgan fingerprint density at radius 2 is 1.96 bits per heavy atom. The first kappa shape index (κ1) is 15.2. The molecule has 0 amide bonds. The lowest BCUT2D eigenvalue weighted by molar-refractivity contribution is -0.118. The lowest BCUT2D eigenvalue weighted by atomic mass is 9.44. The molecule has 0 spiro atoms. The molecule has 9 atom stereocenters. The van der Waals surface area contributed by atoms with Crippen molar-refractivity contribution in [1.29, 1.82) is 5.26 Å². The Hall–Kier alpha value is -1.10. The number of hydrogen-bond donors (Lipinski definition) is 0. The summed E-state index contributed by atoms with van der Waals surface area (Å²) in [5.74, 6) is 5.02. The fourth-order valence-electron chi connectivity index (χ4n) is 8.20. The number of carbonyl (C=O) groups excluding carboxylic acids is 1. The Kier molecular flexibility index (Phi) is 2.87. The van der Waals surface area contributed by atoms with Gasteiger partial charge in [-0.25, -0.2) is 0 Å². The first-order valence-corrected chi connectivity index (χ1v) is 10.0. The molecule has 1 unspecified atom stereocenters. The van der Waals surface area contributed by atoms with Crippen molar-refractivity contribution in [1.82, 2.24) is 0 Å². The number of fused-ring (bicyclic) bond motifs is 7. The van der Waals surface area contributed by atoms with E-state index < -0.39 is 0 Å². The molecule has 0 bridgehead atoms. The maximum atomic E-state index is 12.0. The third-order valence-electron chi connectivity index (χ3n) is 9.21.